The monoisotopic (exact) mass is 383 g/mol. The number of carbonyl (C=O) groups is 2. The maximum atomic E-state index is 11.1. The van der Waals surface area contributed by atoms with Crippen LogP contribution >= 0.6 is 11.8 Å². The van der Waals surface area contributed by atoms with E-state index in [-0.39, 0.29) is 59.9 Å². The molecule has 0 radical (unpaired) electrons. The van der Waals surface area contributed by atoms with Crippen molar-refractivity contribution in [2.75, 3.05) is 5.75 Å². The van der Waals surface area contributed by atoms with Crippen LogP contribution in [0.5, 0.6) is 0 Å². The Kier molecular flexibility index (Phi) is 6.39. The molecule has 17 heavy (non-hydrogen) atoms. The summed E-state index contributed by atoms with van der Waals surface area (Å²) < 4.78 is 0. The zero-order chi connectivity index (χ0) is 11.5. The Morgan fingerprint density at radius 2 is 2.29 bits per heavy atom. The minimum Gasteiger partial charge on any atom is -0.503 e. The van der Waals surface area contributed by atoms with E-state index >= 15 is 0 Å². The molecule has 5 nitrogen and oxygen atoms in total. The van der Waals surface area contributed by atoms with Crippen molar-refractivity contribution in [2.24, 2.45) is 0 Å². The van der Waals surface area contributed by atoms with Crippen molar-refractivity contribution in [3.8, 4) is 0 Å². The van der Waals surface area contributed by atoms with Crippen LogP contribution in [0.3, 0.4) is 0 Å². The predicted molar refractivity (Wildman–Crippen MR) is 61.3 cm³/mol. The molecule has 2 saturated heterocycles. The summed E-state index contributed by atoms with van der Waals surface area (Å²) in [4.78, 5) is 21.4. The second kappa shape index (κ2) is 7.06. The number of aliphatic carboxylic acids is 1. The third kappa shape index (κ3) is 4.18. The molecular formula is C10H15CeN2O3S-. The number of nitrogens with one attached hydrogen (secondary N) is 2. The molecule has 94 valence electrons. The van der Waals surface area contributed by atoms with E-state index in [1.165, 1.54) is 6.42 Å². The van der Waals surface area contributed by atoms with E-state index in [1.807, 2.05) is 11.8 Å². The Morgan fingerprint density at radius 1 is 1.53 bits per heavy atom. The van der Waals surface area contributed by atoms with Crippen molar-refractivity contribution in [2.45, 2.75) is 36.6 Å². The maximum absolute atomic E-state index is 11.1. The van der Waals surface area contributed by atoms with Crippen LogP contribution < -0.4 is 10.6 Å². The molecule has 0 aromatic carbocycles. The fourth-order valence-electron chi connectivity index (χ4n) is 2.19. The summed E-state index contributed by atoms with van der Waals surface area (Å²) in [6, 6.07) is 0.408. The van der Waals surface area contributed by atoms with Crippen LogP contribution in [0.4, 0.5) is 4.79 Å². The number of unbranched alkanes of at least 4 members (excludes halogenated alkanes) is 1. The van der Waals surface area contributed by atoms with Crippen LogP contribution in [0.2, 0.25) is 0 Å². The third-order valence-electron chi connectivity index (χ3n) is 2.95. The zero-order valence-electron chi connectivity index (χ0n) is 9.31. The van der Waals surface area contributed by atoms with Gasteiger partial charge in [-0.25, -0.2) is 4.79 Å². The van der Waals surface area contributed by atoms with Gasteiger partial charge >= 0.3 is 6.03 Å². The Labute approximate surface area is 138 Å². The normalized spacial score (nSPS) is 29.9. The largest absolute Gasteiger partial charge is 0.503 e. The number of carboxylic acids is 1. The fraction of sp³-hybridized carbons (Fsp3) is 0.700. The summed E-state index contributed by atoms with van der Waals surface area (Å²) in [5.41, 5.74) is 0. The summed E-state index contributed by atoms with van der Waals surface area (Å²) in [6.45, 7) is 0. The number of hydrogen-bond acceptors (Lipinski definition) is 3. The summed E-state index contributed by atoms with van der Waals surface area (Å²) in [5, 5.41) is 14.7. The van der Waals surface area contributed by atoms with E-state index < -0.39 is 5.97 Å². The number of hydrogen-bond donors (Lipinski definition) is 3. The average molecular weight is 383 g/mol. The first-order valence-electron chi connectivity index (χ1n) is 5.41. The number of thioether (sulfide) groups is 1. The van der Waals surface area contributed by atoms with Gasteiger partial charge in [0.15, 0.2) is 5.97 Å². The molecule has 3 atom stereocenters. The number of amides is 2. The first-order chi connectivity index (χ1) is 7.66. The van der Waals surface area contributed by atoms with Gasteiger partial charge in [0.2, 0.25) is 0 Å². The van der Waals surface area contributed by atoms with Gasteiger partial charge in [0.1, 0.15) is 0 Å². The molecule has 2 fully saturated rings. The Morgan fingerprint density at radius 3 is 3.00 bits per heavy atom. The molecule has 0 aromatic heterocycles. The standard InChI is InChI=1S/C10H15N2O3S.Ce/c13-8(14)4-2-1-3-7-9-6(5-16-7)11-10(15)12-9;/h4,6-7,9H,1-3,5H2,(H,13,14)(H2,11,12,15);/q-1;/t6-,7-,9-;/m0./s1. The number of urea groups is 1. The number of rotatable bonds is 5. The summed E-state index contributed by atoms with van der Waals surface area (Å²) in [5.74, 6) is 0.101. The van der Waals surface area contributed by atoms with E-state index in [4.69, 9.17) is 5.11 Å². The van der Waals surface area contributed by atoms with Crippen molar-refractivity contribution < 1.29 is 56.4 Å². The van der Waals surface area contributed by atoms with Gasteiger partial charge in [-0.3, -0.25) is 11.2 Å². The van der Waals surface area contributed by atoms with Crippen LogP contribution in [-0.4, -0.2) is 40.2 Å². The van der Waals surface area contributed by atoms with Crippen LogP contribution in [0.1, 0.15) is 19.3 Å². The van der Waals surface area contributed by atoms with Crippen molar-refractivity contribution in [1.82, 2.24) is 10.6 Å². The second-order valence-corrected chi connectivity index (χ2v) is 5.37. The van der Waals surface area contributed by atoms with Gasteiger partial charge in [0, 0.05) is 52.8 Å². The van der Waals surface area contributed by atoms with E-state index in [2.05, 4.69) is 10.6 Å². The van der Waals surface area contributed by atoms with E-state index in [0.717, 1.165) is 18.6 Å². The molecule has 0 spiro atoms. The predicted octanol–water partition coefficient (Wildman–Crippen LogP) is 0.611. The van der Waals surface area contributed by atoms with Gasteiger partial charge in [0.05, 0.1) is 12.1 Å². The molecule has 0 bridgehead atoms. The molecule has 2 heterocycles. The van der Waals surface area contributed by atoms with Gasteiger partial charge in [-0.2, -0.15) is 18.2 Å². The summed E-state index contributed by atoms with van der Waals surface area (Å²) in [7, 11) is 0. The van der Waals surface area contributed by atoms with Gasteiger partial charge in [-0.05, 0) is 6.42 Å². The topological polar surface area (TPSA) is 78.4 Å². The Balaban J connectivity index is 0.00000144. The van der Waals surface area contributed by atoms with E-state index in [0.29, 0.717) is 11.7 Å². The van der Waals surface area contributed by atoms with Gasteiger partial charge in [-0.1, -0.05) is 6.42 Å². The SMILES string of the molecule is O=C(O)[CH-]CCC[C@@H]1SC[C@@H]2NC(=O)N[C@@H]21.[Ce]. The molecule has 0 aromatic rings. The molecule has 2 rings (SSSR count). The molecule has 7 heteroatoms. The quantitative estimate of drug-likeness (QED) is 0.369. The minimum absolute atomic E-state index is 0. The number of carbonyl (C=O) groups excluding carboxylic acids is 1. The van der Waals surface area contributed by atoms with Crippen molar-refractivity contribution >= 4 is 23.8 Å². The smallest absolute Gasteiger partial charge is 0.315 e. The molecule has 2 amide bonds. The molecule has 0 unspecified atom stereocenters. The van der Waals surface area contributed by atoms with Gasteiger partial charge < -0.3 is 15.7 Å². The van der Waals surface area contributed by atoms with Crippen molar-refractivity contribution in [1.29, 1.82) is 0 Å². The Hall–Kier alpha value is 0.337. The number of fused-ring (bicyclic) bond motifs is 1. The van der Waals surface area contributed by atoms with Crippen LogP contribution in [0.25, 0.3) is 0 Å². The van der Waals surface area contributed by atoms with E-state index in [9.17, 15) is 9.59 Å². The maximum Gasteiger partial charge on any atom is 0.315 e. The van der Waals surface area contributed by atoms with E-state index in [1.54, 1.807) is 0 Å². The first kappa shape index (κ1) is 15.4. The molecule has 0 aliphatic carbocycles. The summed E-state index contributed by atoms with van der Waals surface area (Å²) >= 11 is 1.86. The zero-order valence-corrected chi connectivity index (χ0v) is 13.3. The van der Waals surface area contributed by atoms with Gasteiger partial charge in [0.25, 0.3) is 0 Å². The summed E-state index contributed by atoms with van der Waals surface area (Å²) in [6.07, 6.45) is 3.72. The number of carboxylic acid groups (broad SMARTS) is 1. The van der Waals surface area contributed by atoms with Crippen LogP contribution in [0, 0.1) is 48.2 Å². The molecule has 2 aliphatic rings. The minimum atomic E-state index is -0.854. The first-order valence-corrected chi connectivity index (χ1v) is 6.46. The van der Waals surface area contributed by atoms with Crippen molar-refractivity contribution in [3.63, 3.8) is 0 Å². The van der Waals surface area contributed by atoms with Crippen LogP contribution in [0.15, 0.2) is 0 Å². The second-order valence-electron chi connectivity index (χ2n) is 4.10. The molecule has 2 aliphatic heterocycles. The van der Waals surface area contributed by atoms with Crippen molar-refractivity contribution in [3.05, 3.63) is 6.42 Å². The van der Waals surface area contributed by atoms with Crippen LogP contribution in [-0.2, 0) is 4.79 Å². The fourth-order valence-corrected chi connectivity index (χ4v) is 3.73. The van der Waals surface area contributed by atoms with Gasteiger partial charge in [-0.15, -0.1) is 0 Å². The third-order valence-corrected chi connectivity index (χ3v) is 4.46. The average Bonchev–Trinajstić information content (AvgIpc) is 2.72. The molecule has 0 saturated carbocycles. The molecular weight excluding hydrogens is 368 g/mol. The Bertz CT molecular complexity index is 303. The molecule has 3 N–H and O–H groups in total.